The first-order chi connectivity index (χ1) is 9.68. The lowest BCUT2D eigenvalue weighted by atomic mass is 9.86. The summed E-state index contributed by atoms with van der Waals surface area (Å²) in [6.07, 6.45) is 5.72. The molecular formula is C15H23N3O2. The summed E-state index contributed by atoms with van der Waals surface area (Å²) in [6.45, 7) is 5.85. The molecule has 1 aromatic heterocycles. The summed E-state index contributed by atoms with van der Waals surface area (Å²) in [6, 6.07) is 0. The van der Waals surface area contributed by atoms with Crippen molar-refractivity contribution in [2.45, 2.75) is 45.6 Å². The van der Waals surface area contributed by atoms with Gasteiger partial charge in [0.05, 0.1) is 29.6 Å². The number of fused-ring (bicyclic) bond motifs is 1. The quantitative estimate of drug-likeness (QED) is 0.901. The lowest BCUT2D eigenvalue weighted by Crippen LogP contribution is -2.47. The van der Waals surface area contributed by atoms with Crippen LogP contribution in [-0.4, -0.2) is 35.4 Å². The number of H-pyrrole nitrogens is 1. The second-order valence-electron chi connectivity index (χ2n) is 6.16. The Morgan fingerprint density at radius 2 is 2.35 bits per heavy atom. The lowest BCUT2D eigenvalue weighted by Gasteiger charge is -2.37. The molecule has 5 nitrogen and oxygen atoms in total. The highest BCUT2D eigenvalue weighted by Crippen LogP contribution is 2.32. The van der Waals surface area contributed by atoms with E-state index in [1.54, 1.807) is 6.20 Å². The van der Waals surface area contributed by atoms with Crippen LogP contribution in [0.3, 0.4) is 0 Å². The normalized spacial score (nSPS) is 26.6. The number of nitrogens with zero attached hydrogens (tertiary/aromatic N) is 2. The van der Waals surface area contributed by atoms with Gasteiger partial charge in [-0.1, -0.05) is 13.8 Å². The standard InChI is InChI=1S/C15H23N3O2/c1-10(2)14-11(5-4-8-20-14)15(19)18-7-3-6-12-13(18)9-16-17-12/h9-11,14H,3-8H2,1-2H3,(H,16,17)/t11-,14-/m1/s1. The summed E-state index contributed by atoms with van der Waals surface area (Å²) in [4.78, 5) is 14.8. The summed E-state index contributed by atoms with van der Waals surface area (Å²) in [5, 5.41) is 7.09. The zero-order valence-electron chi connectivity index (χ0n) is 12.3. The van der Waals surface area contributed by atoms with Crippen LogP contribution in [0.2, 0.25) is 0 Å². The molecule has 0 spiro atoms. The molecule has 2 aliphatic heterocycles. The molecule has 0 bridgehead atoms. The maximum absolute atomic E-state index is 12.9. The molecule has 2 atom stereocenters. The average Bonchev–Trinajstić information content (AvgIpc) is 2.94. The molecule has 2 aliphatic rings. The number of ether oxygens (including phenoxy) is 1. The topological polar surface area (TPSA) is 58.2 Å². The van der Waals surface area contributed by atoms with Gasteiger partial charge in [0.25, 0.3) is 0 Å². The number of aromatic nitrogens is 2. The summed E-state index contributed by atoms with van der Waals surface area (Å²) < 4.78 is 5.86. The van der Waals surface area contributed by atoms with Gasteiger partial charge in [0.15, 0.2) is 0 Å². The van der Waals surface area contributed by atoms with Crippen LogP contribution in [0.25, 0.3) is 0 Å². The van der Waals surface area contributed by atoms with E-state index < -0.39 is 0 Å². The van der Waals surface area contributed by atoms with Crippen molar-refractivity contribution in [2.75, 3.05) is 18.1 Å². The third-order valence-electron chi connectivity index (χ3n) is 4.40. The number of nitrogens with one attached hydrogen (secondary N) is 1. The fourth-order valence-electron chi connectivity index (χ4n) is 3.41. The number of amides is 1. The van der Waals surface area contributed by atoms with Crippen LogP contribution >= 0.6 is 0 Å². The molecule has 3 heterocycles. The van der Waals surface area contributed by atoms with Gasteiger partial charge < -0.3 is 9.64 Å². The molecule has 5 heteroatoms. The Balaban J connectivity index is 1.82. The third kappa shape index (κ3) is 2.35. The molecule has 0 aromatic carbocycles. The van der Waals surface area contributed by atoms with Gasteiger partial charge in [0.1, 0.15) is 0 Å². The third-order valence-corrected chi connectivity index (χ3v) is 4.40. The van der Waals surface area contributed by atoms with Gasteiger partial charge in [-0.3, -0.25) is 9.89 Å². The van der Waals surface area contributed by atoms with E-state index in [0.29, 0.717) is 5.92 Å². The van der Waals surface area contributed by atoms with Crippen LogP contribution < -0.4 is 4.90 Å². The Labute approximate surface area is 119 Å². The highest BCUT2D eigenvalue weighted by Gasteiger charge is 2.38. The Morgan fingerprint density at radius 1 is 1.50 bits per heavy atom. The van der Waals surface area contributed by atoms with Crippen LogP contribution in [0, 0.1) is 11.8 Å². The van der Waals surface area contributed by atoms with E-state index in [1.165, 1.54) is 0 Å². The first-order valence-electron chi connectivity index (χ1n) is 7.63. The van der Waals surface area contributed by atoms with Crippen molar-refractivity contribution in [2.24, 2.45) is 11.8 Å². The van der Waals surface area contributed by atoms with E-state index in [9.17, 15) is 4.79 Å². The van der Waals surface area contributed by atoms with Gasteiger partial charge in [-0.15, -0.1) is 0 Å². The monoisotopic (exact) mass is 277 g/mol. The molecule has 20 heavy (non-hydrogen) atoms. The molecule has 1 fully saturated rings. The van der Waals surface area contributed by atoms with Crippen LogP contribution in [-0.2, 0) is 16.0 Å². The van der Waals surface area contributed by atoms with Crippen LogP contribution in [0.15, 0.2) is 6.20 Å². The minimum Gasteiger partial charge on any atom is -0.377 e. The van der Waals surface area contributed by atoms with Crippen molar-refractivity contribution in [3.63, 3.8) is 0 Å². The number of aromatic amines is 1. The fourth-order valence-corrected chi connectivity index (χ4v) is 3.41. The zero-order valence-corrected chi connectivity index (χ0v) is 12.3. The van der Waals surface area contributed by atoms with E-state index in [4.69, 9.17) is 4.74 Å². The SMILES string of the molecule is CC(C)[C@H]1OCCC[C@H]1C(=O)N1CCCc2[nH]ncc21. The summed E-state index contributed by atoms with van der Waals surface area (Å²) in [5.74, 6) is 0.577. The van der Waals surface area contributed by atoms with Crippen molar-refractivity contribution in [3.05, 3.63) is 11.9 Å². The molecule has 1 saturated heterocycles. The minimum absolute atomic E-state index is 0.00963. The number of carbonyl (C=O) groups is 1. The van der Waals surface area contributed by atoms with E-state index in [2.05, 4.69) is 24.0 Å². The molecule has 0 aliphatic carbocycles. The van der Waals surface area contributed by atoms with E-state index in [-0.39, 0.29) is 17.9 Å². The minimum atomic E-state index is -0.00963. The van der Waals surface area contributed by atoms with Crippen LogP contribution in [0.4, 0.5) is 5.69 Å². The number of aryl methyl sites for hydroxylation is 1. The van der Waals surface area contributed by atoms with Crippen molar-refractivity contribution in [3.8, 4) is 0 Å². The van der Waals surface area contributed by atoms with E-state index >= 15 is 0 Å². The van der Waals surface area contributed by atoms with E-state index in [0.717, 1.165) is 50.2 Å². The summed E-state index contributed by atoms with van der Waals surface area (Å²) in [7, 11) is 0. The number of hydrogen-bond acceptors (Lipinski definition) is 3. The molecule has 1 amide bonds. The van der Waals surface area contributed by atoms with Gasteiger partial charge in [-0.05, 0) is 31.6 Å². The van der Waals surface area contributed by atoms with Crippen molar-refractivity contribution >= 4 is 11.6 Å². The van der Waals surface area contributed by atoms with Crippen molar-refractivity contribution < 1.29 is 9.53 Å². The van der Waals surface area contributed by atoms with Gasteiger partial charge in [-0.2, -0.15) is 5.10 Å². The Hall–Kier alpha value is -1.36. The molecule has 0 saturated carbocycles. The molecule has 0 unspecified atom stereocenters. The van der Waals surface area contributed by atoms with Crippen molar-refractivity contribution in [1.82, 2.24) is 10.2 Å². The van der Waals surface area contributed by atoms with Crippen LogP contribution in [0.5, 0.6) is 0 Å². The molecular weight excluding hydrogens is 254 g/mol. The largest absolute Gasteiger partial charge is 0.377 e. The fraction of sp³-hybridized carbons (Fsp3) is 0.733. The van der Waals surface area contributed by atoms with Gasteiger partial charge in [-0.25, -0.2) is 0 Å². The summed E-state index contributed by atoms with van der Waals surface area (Å²) >= 11 is 0. The van der Waals surface area contributed by atoms with Crippen LogP contribution in [0.1, 0.15) is 38.8 Å². The number of carbonyl (C=O) groups excluding carboxylic acids is 1. The predicted octanol–water partition coefficient (Wildman–Crippen LogP) is 2.14. The lowest BCUT2D eigenvalue weighted by molar-refractivity contribution is -0.134. The smallest absolute Gasteiger partial charge is 0.232 e. The van der Waals surface area contributed by atoms with Crippen molar-refractivity contribution in [1.29, 1.82) is 0 Å². The number of rotatable bonds is 2. The molecule has 0 radical (unpaired) electrons. The Morgan fingerprint density at radius 3 is 3.15 bits per heavy atom. The Bertz CT molecular complexity index is 483. The van der Waals surface area contributed by atoms with Gasteiger partial charge >= 0.3 is 0 Å². The maximum atomic E-state index is 12.9. The molecule has 3 rings (SSSR count). The molecule has 1 N–H and O–H groups in total. The zero-order chi connectivity index (χ0) is 14.1. The number of anilines is 1. The highest BCUT2D eigenvalue weighted by molar-refractivity contribution is 5.96. The van der Waals surface area contributed by atoms with E-state index in [1.807, 2.05) is 4.90 Å². The van der Waals surface area contributed by atoms with Gasteiger partial charge in [0.2, 0.25) is 5.91 Å². The summed E-state index contributed by atoms with van der Waals surface area (Å²) in [5.41, 5.74) is 2.05. The predicted molar refractivity (Wildman–Crippen MR) is 76.6 cm³/mol. The first-order valence-corrected chi connectivity index (χ1v) is 7.63. The average molecular weight is 277 g/mol. The second kappa shape index (κ2) is 5.56. The molecule has 110 valence electrons. The first kappa shape index (κ1) is 13.6. The second-order valence-corrected chi connectivity index (χ2v) is 6.16. The Kier molecular flexibility index (Phi) is 3.78. The molecule has 1 aromatic rings. The van der Waals surface area contributed by atoms with Gasteiger partial charge in [0, 0.05) is 13.2 Å². The maximum Gasteiger partial charge on any atom is 0.232 e. The highest BCUT2D eigenvalue weighted by atomic mass is 16.5. The number of hydrogen-bond donors (Lipinski definition) is 1.